The van der Waals surface area contributed by atoms with Gasteiger partial charge in [0.25, 0.3) is 0 Å². The summed E-state index contributed by atoms with van der Waals surface area (Å²) in [4.78, 5) is 11.8. The summed E-state index contributed by atoms with van der Waals surface area (Å²) in [7, 11) is 0. The Morgan fingerprint density at radius 3 is 2.44 bits per heavy atom. The molecule has 0 bridgehead atoms. The molecule has 0 amide bonds. The molecule has 0 aromatic carbocycles. The zero-order chi connectivity index (χ0) is 18.0. The van der Waals surface area contributed by atoms with Gasteiger partial charge in [-0.3, -0.25) is 4.98 Å². The number of rotatable bonds is 6. The smallest absolute Gasteiger partial charge is 0.167 e. The molecule has 0 radical (unpaired) electrons. The van der Waals surface area contributed by atoms with Crippen LogP contribution in [0.25, 0.3) is 16.9 Å². The first kappa shape index (κ1) is 17.4. The van der Waals surface area contributed by atoms with Gasteiger partial charge in [0.1, 0.15) is 5.82 Å². The number of hydrogen-bond donors (Lipinski definition) is 0. The summed E-state index contributed by atoms with van der Waals surface area (Å²) >= 11 is 0. The minimum absolute atomic E-state index is 0.895. The van der Waals surface area contributed by atoms with Crippen LogP contribution >= 0.6 is 0 Å². The van der Waals surface area contributed by atoms with Gasteiger partial charge in [-0.05, 0) is 45.2 Å². The van der Waals surface area contributed by atoms with Gasteiger partial charge in [-0.2, -0.15) is 9.61 Å². The average molecular weight is 337 g/mol. The Morgan fingerprint density at radius 2 is 1.80 bits per heavy atom. The van der Waals surface area contributed by atoms with Gasteiger partial charge in [-0.25, -0.2) is 4.98 Å². The topological polar surface area (TPSA) is 46.3 Å². The fourth-order valence-corrected chi connectivity index (χ4v) is 3.36. The number of pyridine rings is 1. The highest BCUT2D eigenvalue weighted by Gasteiger charge is 2.20. The molecular weight excluding hydrogens is 310 g/mol. The molecule has 3 aromatic rings. The Labute approximate surface area is 149 Å². The molecule has 25 heavy (non-hydrogen) atoms. The van der Waals surface area contributed by atoms with Gasteiger partial charge in [0, 0.05) is 31.0 Å². The second kappa shape index (κ2) is 7.21. The van der Waals surface area contributed by atoms with Crippen LogP contribution in [0.5, 0.6) is 0 Å². The zero-order valence-electron chi connectivity index (χ0n) is 15.9. The second-order valence-corrected chi connectivity index (χ2v) is 6.61. The Hall–Kier alpha value is -2.43. The maximum absolute atomic E-state index is 4.83. The van der Waals surface area contributed by atoms with Crippen molar-refractivity contribution >= 4 is 11.5 Å². The Bertz CT molecular complexity index is 875. The Morgan fingerprint density at radius 1 is 1.08 bits per heavy atom. The zero-order valence-corrected chi connectivity index (χ0v) is 15.9. The second-order valence-electron chi connectivity index (χ2n) is 6.61. The molecule has 0 fully saturated rings. The molecule has 0 atom stereocenters. The first-order valence-electron chi connectivity index (χ1n) is 9.10. The van der Waals surface area contributed by atoms with Crippen LogP contribution in [0.4, 0.5) is 5.82 Å². The Balaban J connectivity index is 2.26. The lowest BCUT2D eigenvalue weighted by Crippen LogP contribution is -2.27. The van der Waals surface area contributed by atoms with Crippen LogP contribution in [-0.2, 0) is 0 Å². The monoisotopic (exact) mass is 337 g/mol. The van der Waals surface area contributed by atoms with E-state index in [0.29, 0.717) is 0 Å². The van der Waals surface area contributed by atoms with Crippen molar-refractivity contribution in [1.82, 2.24) is 19.6 Å². The maximum atomic E-state index is 4.83. The number of hydrogen-bond acceptors (Lipinski definition) is 4. The quantitative estimate of drug-likeness (QED) is 0.671. The van der Waals surface area contributed by atoms with Gasteiger partial charge in [0.15, 0.2) is 5.65 Å². The van der Waals surface area contributed by atoms with Gasteiger partial charge in [0.2, 0.25) is 0 Å². The van der Waals surface area contributed by atoms with E-state index in [2.05, 4.69) is 49.7 Å². The molecule has 0 N–H and O–H groups in total. The van der Waals surface area contributed by atoms with Crippen molar-refractivity contribution < 1.29 is 0 Å². The van der Waals surface area contributed by atoms with Gasteiger partial charge < -0.3 is 4.90 Å². The maximum Gasteiger partial charge on any atom is 0.167 e. The third-order valence-electron chi connectivity index (χ3n) is 4.43. The van der Waals surface area contributed by atoms with Gasteiger partial charge in [-0.15, -0.1) is 0 Å². The molecule has 132 valence electrons. The molecule has 0 saturated carbocycles. The van der Waals surface area contributed by atoms with Crippen molar-refractivity contribution in [2.75, 3.05) is 18.0 Å². The van der Waals surface area contributed by atoms with Crippen LogP contribution in [0.2, 0.25) is 0 Å². The minimum atomic E-state index is 0.895. The molecule has 0 aliphatic heterocycles. The predicted molar refractivity (Wildman–Crippen MR) is 103 cm³/mol. The van der Waals surface area contributed by atoms with Crippen molar-refractivity contribution in [3.63, 3.8) is 0 Å². The number of fused-ring (bicyclic) bond motifs is 1. The molecule has 3 rings (SSSR count). The summed E-state index contributed by atoms with van der Waals surface area (Å²) in [5, 5.41) is 4.83. The van der Waals surface area contributed by atoms with Crippen LogP contribution in [0, 0.1) is 20.8 Å². The van der Waals surface area contributed by atoms with E-state index in [4.69, 9.17) is 10.1 Å². The van der Waals surface area contributed by atoms with E-state index in [1.807, 2.05) is 23.7 Å². The van der Waals surface area contributed by atoms with Crippen molar-refractivity contribution in [2.24, 2.45) is 0 Å². The lowest BCUT2D eigenvalue weighted by molar-refractivity contribution is 0.713. The van der Waals surface area contributed by atoms with E-state index in [-0.39, 0.29) is 0 Å². The Kier molecular flexibility index (Phi) is 5.02. The predicted octanol–water partition coefficient (Wildman–Crippen LogP) is 4.34. The number of aromatic nitrogens is 4. The highest BCUT2D eigenvalue weighted by molar-refractivity contribution is 5.80. The molecule has 0 spiro atoms. The van der Waals surface area contributed by atoms with Crippen LogP contribution in [0.1, 0.15) is 43.6 Å². The third kappa shape index (κ3) is 3.23. The van der Waals surface area contributed by atoms with E-state index in [1.165, 1.54) is 0 Å². The lowest BCUT2D eigenvalue weighted by atomic mass is 10.1. The van der Waals surface area contributed by atoms with E-state index in [1.54, 1.807) is 0 Å². The van der Waals surface area contributed by atoms with Crippen molar-refractivity contribution in [1.29, 1.82) is 0 Å². The molecule has 3 aromatic heterocycles. The molecule has 0 unspecified atom stereocenters. The van der Waals surface area contributed by atoms with E-state index in [9.17, 15) is 0 Å². The first-order valence-corrected chi connectivity index (χ1v) is 9.10. The molecule has 0 aliphatic carbocycles. The molecular formula is C20H27N5. The van der Waals surface area contributed by atoms with Gasteiger partial charge in [-0.1, -0.05) is 19.9 Å². The molecule has 0 aliphatic rings. The number of nitrogens with zero attached hydrogens (tertiary/aromatic N) is 5. The summed E-state index contributed by atoms with van der Waals surface area (Å²) in [5.41, 5.74) is 6.02. The summed E-state index contributed by atoms with van der Waals surface area (Å²) in [6.45, 7) is 12.6. The third-order valence-corrected chi connectivity index (χ3v) is 4.43. The van der Waals surface area contributed by atoms with E-state index in [0.717, 1.165) is 65.6 Å². The van der Waals surface area contributed by atoms with E-state index >= 15 is 0 Å². The minimum Gasteiger partial charge on any atom is -0.356 e. The summed E-state index contributed by atoms with van der Waals surface area (Å²) in [5.74, 6) is 1.12. The highest BCUT2D eigenvalue weighted by Crippen LogP contribution is 2.30. The number of anilines is 1. The molecule has 0 saturated heterocycles. The summed E-state index contributed by atoms with van der Waals surface area (Å²) in [6, 6.07) is 6.19. The van der Waals surface area contributed by atoms with Crippen molar-refractivity contribution in [3.05, 3.63) is 41.3 Å². The standard InChI is InChI=1S/C20H27N5/c1-6-11-24(12-7-2)17-13-15(4)22-20-18(16(5)23-25(17)20)19-14(3)9-8-10-21-19/h8-10,13H,6-7,11-12H2,1-5H3. The summed E-state index contributed by atoms with van der Waals surface area (Å²) < 4.78 is 2.00. The lowest BCUT2D eigenvalue weighted by Gasteiger charge is -2.24. The van der Waals surface area contributed by atoms with Crippen LogP contribution in [0.15, 0.2) is 24.4 Å². The van der Waals surface area contributed by atoms with Gasteiger partial charge in [0.05, 0.1) is 17.0 Å². The highest BCUT2D eigenvalue weighted by atomic mass is 15.4. The summed E-state index contributed by atoms with van der Waals surface area (Å²) in [6.07, 6.45) is 4.05. The molecule has 5 nitrogen and oxygen atoms in total. The first-order chi connectivity index (χ1) is 12.1. The molecule has 3 heterocycles. The normalized spacial score (nSPS) is 11.2. The van der Waals surface area contributed by atoms with Crippen LogP contribution in [0.3, 0.4) is 0 Å². The van der Waals surface area contributed by atoms with Crippen LogP contribution in [-0.4, -0.2) is 32.7 Å². The average Bonchev–Trinajstić information content (AvgIpc) is 2.90. The van der Waals surface area contributed by atoms with Crippen molar-refractivity contribution in [3.8, 4) is 11.3 Å². The fraction of sp³-hybridized carbons (Fsp3) is 0.450. The number of aryl methyl sites for hydroxylation is 3. The molecule has 5 heteroatoms. The SMILES string of the molecule is CCCN(CCC)c1cc(C)nc2c(-c3ncccc3C)c(C)nn12. The largest absolute Gasteiger partial charge is 0.356 e. The van der Waals surface area contributed by atoms with Crippen LogP contribution < -0.4 is 4.90 Å². The van der Waals surface area contributed by atoms with E-state index < -0.39 is 0 Å². The fourth-order valence-electron chi connectivity index (χ4n) is 3.36. The van der Waals surface area contributed by atoms with Gasteiger partial charge >= 0.3 is 0 Å². The van der Waals surface area contributed by atoms with Crippen molar-refractivity contribution in [2.45, 2.75) is 47.5 Å².